The smallest absolute Gasteiger partial charge is 0.118 e. The molecule has 0 aliphatic carbocycles. The molecule has 0 amide bonds. The minimum absolute atomic E-state index is 0.898. The molecule has 0 atom stereocenters. The van der Waals surface area contributed by atoms with E-state index in [1.807, 2.05) is 24.3 Å². The van der Waals surface area contributed by atoms with Crippen LogP contribution in [0.25, 0.3) is 0 Å². The highest BCUT2D eigenvalue weighted by Gasteiger charge is 1.96. The highest BCUT2D eigenvalue weighted by molar-refractivity contribution is 5.29. The molecule has 0 spiro atoms. The van der Waals surface area contributed by atoms with Crippen LogP contribution in [0.3, 0.4) is 0 Å². The normalized spacial score (nSPS) is 14.0. The molecule has 21 heavy (non-hydrogen) atoms. The van der Waals surface area contributed by atoms with Crippen molar-refractivity contribution in [2.45, 2.75) is 25.7 Å². The molecule has 1 aromatic carbocycles. The van der Waals surface area contributed by atoms with Gasteiger partial charge in [0.1, 0.15) is 5.75 Å². The lowest BCUT2D eigenvalue weighted by molar-refractivity contribution is 0.414. The van der Waals surface area contributed by atoms with E-state index < -0.39 is 0 Å². The Labute approximate surface area is 129 Å². The summed E-state index contributed by atoms with van der Waals surface area (Å²) in [5, 5.41) is 3.22. The fourth-order valence-corrected chi connectivity index (χ4v) is 2.11. The second-order valence-corrected chi connectivity index (χ2v) is 4.99. The monoisotopic (exact) mass is 285 g/mol. The summed E-state index contributed by atoms with van der Waals surface area (Å²) in [6.07, 6.45) is 10.4. The first-order valence-electron chi connectivity index (χ1n) is 7.58. The van der Waals surface area contributed by atoms with E-state index in [1.165, 1.54) is 37.1 Å². The summed E-state index contributed by atoms with van der Waals surface area (Å²) in [5.41, 5.74) is 2.52. The topological polar surface area (TPSA) is 21.3 Å². The molecule has 0 saturated carbocycles. The van der Waals surface area contributed by atoms with Crippen molar-refractivity contribution in [3.05, 3.63) is 66.8 Å². The maximum atomic E-state index is 5.11. The highest BCUT2D eigenvalue weighted by atomic mass is 16.5. The number of ether oxygens (including phenoxy) is 1. The van der Waals surface area contributed by atoms with Gasteiger partial charge in [0.2, 0.25) is 0 Å². The average Bonchev–Trinajstić information content (AvgIpc) is 3.11. The fraction of sp³-hybridized carbons (Fsp3) is 0.368. The fourth-order valence-electron chi connectivity index (χ4n) is 2.11. The zero-order valence-electron chi connectivity index (χ0n) is 13.1. The maximum absolute atomic E-state index is 5.11. The van der Waals surface area contributed by atoms with Gasteiger partial charge in [-0.15, -0.1) is 0 Å². The number of allylic oxidation sites excluding steroid dienone is 4. The van der Waals surface area contributed by atoms with Gasteiger partial charge in [-0.05, 0) is 62.0 Å². The van der Waals surface area contributed by atoms with Crippen LogP contribution in [0.5, 0.6) is 5.75 Å². The third kappa shape index (κ3) is 7.52. The zero-order chi connectivity index (χ0) is 15.3. The van der Waals surface area contributed by atoms with Crippen LogP contribution in [0.2, 0.25) is 0 Å². The molecular formula is C19H27NO. The lowest BCUT2D eigenvalue weighted by Crippen LogP contribution is -2.03. The summed E-state index contributed by atoms with van der Waals surface area (Å²) in [7, 11) is 1.68. The van der Waals surface area contributed by atoms with Crippen molar-refractivity contribution >= 4 is 0 Å². The Morgan fingerprint density at radius 1 is 1.19 bits per heavy atom. The van der Waals surface area contributed by atoms with Crippen LogP contribution >= 0.6 is 0 Å². The van der Waals surface area contributed by atoms with Crippen LogP contribution in [0.1, 0.15) is 24.8 Å². The van der Waals surface area contributed by atoms with E-state index in [0.717, 1.165) is 18.6 Å². The molecule has 2 nitrogen and oxygen atoms in total. The average molecular weight is 285 g/mol. The Morgan fingerprint density at radius 2 is 1.86 bits per heavy atom. The van der Waals surface area contributed by atoms with Crippen LogP contribution in [-0.4, -0.2) is 20.2 Å². The van der Waals surface area contributed by atoms with Crippen molar-refractivity contribution in [1.82, 2.24) is 5.32 Å². The van der Waals surface area contributed by atoms with Gasteiger partial charge < -0.3 is 10.1 Å². The van der Waals surface area contributed by atoms with E-state index in [-0.39, 0.29) is 0 Å². The third-order valence-corrected chi connectivity index (χ3v) is 3.41. The first kappa shape index (κ1) is 17.3. The van der Waals surface area contributed by atoms with E-state index in [1.54, 1.807) is 13.2 Å². The van der Waals surface area contributed by atoms with Crippen molar-refractivity contribution in [1.29, 1.82) is 0 Å². The number of nitrogens with one attached hydrogen (secondary N) is 1. The second-order valence-electron chi connectivity index (χ2n) is 4.99. The molecule has 1 aliphatic heterocycles. The minimum Gasteiger partial charge on any atom is -0.497 e. The Morgan fingerprint density at radius 3 is 2.29 bits per heavy atom. The zero-order valence-corrected chi connectivity index (χ0v) is 13.1. The number of benzene rings is 1. The Kier molecular flexibility index (Phi) is 8.98. The summed E-state index contributed by atoms with van der Waals surface area (Å²) in [6.45, 7) is 9.97. The Balaban J connectivity index is 0.000000369. The van der Waals surface area contributed by atoms with Gasteiger partial charge in [-0.3, -0.25) is 0 Å². The van der Waals surface area contributed by atoms with Crippen molar-refractivity contribution < 1.29 is 4.74 Å². The quantitative estimate of drug-likeness (QED) is 0.787. The standard InChI is InChI=1S/C15H18O.C4H9N/c1-4-6-13(5-2)7-8-14-9-11-15(16-3)12-10-14;1-2-4-5-3-1/h4-6,9-12H,1-2,7-8H2,3H3;5H,1-4H2/b13-6+;. The molecule has 1 aromatic rings. The van der Waals surface area contributed by atoms with Gasteiger partial charge in [-0.1, -0.05) is 43.5 Å². The van der Waals surface area contributed by atoms with Gasteiger partial charge in [0.15, 0.2) is 0 Å². The molecule has 0 radical (unpaired) electrons. The molecule has 0 bridgehead atoms. The summed E-state index contributed by atoms with van der Waals surface area (Å²) < 4.78 is 5.11. The van der Waals surface area contributed by atoms with E-state index in [4.69, 9.17) is 4.74 Å². The molecule has 0 aromatic heterocycles. The summed E-state index contributed by atoms with van der Waals surface area (Å²) in [5.74, 6) is 0.898. The molecule has 1 N–H and O–H groups in total. The van der Waals surface area contributed by atoms with Gasteiger partial charge in [-0.2, -0.15) is 0 Å². The lowest BCUT2D eigenvalue weighted by atomic mass is 10.0. The molecule has 2 rings (SSSR count). The Hall–Kier alpha value is -1.80. The number of methoxy groups -OCH3 is 1. The van der Waals surface area contributed by atoms with Gasteiger partial charge in [0.25, 0.3) is 0 Å². The SMILES string of the molecule is C1CCNC1.C=C/C=C(\C=C)CCc1ccc(OC)cc1. The lowest BCUT2D eigenvalue weighted by Gasteiger charge is -2.04. The molecule has 1 saturated heterocycles. The molecular weight excluding hydrogens is 258 g/mol. The minimum atomic E-state index is 0.898. The van der Waals surface area contributed by atoms with Crippen molar-refractivity contribution in [2.75, 3.05) is 20.2 Å². The van der Waals surface area contributed by atoms with Gasteiger partial charge in [-0.25, -0.2) is 0 Å². The molecule has 0 unspecified atom stereocenters. The number of hydrogen-bond acceptors (Lipinski definition) is 2. The number of rotatable bonds is 6. The molecule has 114 valence electrons. The Bertz CT molecular complexity index is 434. The van der Waals surface area contributed by atoms with Crippen LogP contribution in [0.15, 0.2) is 61.2 Å². The predicted octanol–water partition coefficient (Wildman–Crippen LogP) is 4.30. The molecule has 1 aliphatic rings. The highest BCUT2D eigenvalue weighted by Crippen LogP contribution is 2.14. The summed E-state index contributed by atoms with van der Waals surface area (Å²) in [6, 6.07) is 8.15. The third-order valence-electron chi connectivity index (χ3n) is 3.41. The maximum Gasteiger partial charge on any atom is 0.118 e. The van der Waals surface area contributed by atoms with E-state index >= 15 is 0 Å². The summed E-state index contributed by atoms with van der Waals surface area (Å²) >= 11 is 0. The van der Waals surface area contributed by atoms with E-state index in [9.17, 15) is 0 Å². The second kappa shape index (κ2) is 10.9. The number of hydrogen-bond donors (Lipinski definition) is 1. The van der Waals surface area contributed by atoms with E-state index in [0.29, 0.717) is 0 Å². The van der Waals surface area contributed by atoms with E-state index in [2.05, 4.69) is 30.6 Å². The van der Waals surface area contributed by atoms with Crippen molar-refractivity contribution in [3.8, 4) is 5.75 Å². The van der Waals surface area contributed by atoms with Gasteiger partial charge >= 0.3 is 0 Å². The molecule has 1 heterocycles. The van der Waals surface area contributed by atoms with Crippen LogP contribution in [0, 0.1) is 0 Å². The molecule has 1 fully saturated rings. The number of aryl methyl sites for hydroxylation is 1. The van der Waals surface area contributed by atoms with Gasteiger partial charge in [0, 0.05) is 0 Å². The first-order valence-corrected chi connectivity index (χ1v) is 7.58. The predicted molar refractivity (Wildman–Crippen MR) is 91.9 cm³/mol. The van der Waals surface area contributed by atoms with Crippen LogP contribution < -0.4 is 10.1 Å². The van der Waals surface area contributed by atoms with Crippen molar-refractivity contribution in [3.63, 3.8) is 0 Å². The first-order chi connectivity index (χ1) is 10.3. The van der Waals surface area contributed by atoms with Crippen LogP contribution in [-0.2, 0) is 6.42 Å². The molecule has 2 heteroatoms. The summed E-state index contributed by atoms with van der Waals surface area (Å²) in [4.78, 5) is 0. The van der Waals surface area contributed by atoms with Gasteiger partial charge in [0.05, 0.1) is 7.11 Å². The van der Waals surface area contributed by atoms with Crippen LogP contribution in [0.4, 0.5) is 0 Å². The largest absolute Gasteiger partial charge is 0.497 e. The van der Waals surface area contributed by atoms with Crippen molar-refractivity contribution in [2.24, 2.45) is 0 Å².